The van der Waals surface area contributed by atoms with Crippen LogP contribution in [0.15, 0.2) is 334 Å². The van der Waals surface area contributed by atoms with Crippen LogP contribution in [0.5, 0.6) is 57.5 Å². The number of nitrogens with one attached hydrogen (secondary N) is 4. The van der Waals surface area contributed by atoms with Gasteiger partial charge in [-0.15, -0.1) is 35.3 Å². The molecular weight excluding hydrogens is 1870 g/mol. The van der Waals surface area contributed by atoms with Crippen LogP contribution in [0.3, 0.4) is 0 Å². The fourth-order valence-corrected chi connectivity index (χ4v) is 19.4. The summed E-state index contributed by atoms with van der Waals surface area (Å²) in [6, 6.07) is 104. The van der Waals surface area contributed by atoms with Gasteiger partial charge in [-0.3, -0.25) is 40.4 Å². The molecule has 30 nitrogen and oxygen atoms in total. The topological polar surface area (TPSA) is 406 Å². The van der Waals surface area contributed by atoms with Crippen LogP contribution in [-0.4, -0.2) is 138 Å². The zero-order valence-corrected chi connectivity index (χ0v) is 81.2. The van der Waals surface area contributed by atoms with Crippen molar-refractivity contribution in [2.24, 2.45) is 11.5 Å². The molecule has 0 unspecified atom stereocenters. The molecule has 0 aliphatic rings. The molecule has 738 valence electrons. The molecule has 0 heterocycles. The quantitative estimate of drug-likeness (QED) is 0.00202. The van der Waals surface area contributed by atoms with Gasteiger partial charge in [-0.05, 0) is 165 Å². The number of benzene rings is 13. The Morgan fingerprint density at radius 1 is 0.345 bits per heavy atom. The molecule has 2 amide bonds. The highest BCUT2D eigenvalue weighted by Gasteiger charge is 2.41. The Morgan fingerprint density at radius 3 is 0.845 bits per heavy atom. The van der Waals surface area contributed by atoms with Crippen LogP contribution in [0.2, 0.25) is 13.6 Å². The van der Waals surface area contributed by atoms with Crippen LogP contribution in [0.4, 0.5) is 20.1 Å². The van der Waals surface area contributed by atoms with E-state index >= 15 is 0 Å². The number of nitro benzene ring substituents is 1. The number of carbonyl (C=O) groups excluding carboxylic acids is 6. The maximum atomic E-state index is 13.5. The van der Waals surface area contributed by atoms with E-state index in [1.165, 1.54) is 52.4 Å². The first kappa shape index (κ1) is 109. The maximum absolute atomic E-state index is 13.5. The van der Waals surface area contributed by atoms with E-state index in [4.69, 9.17) is 78.1 Å². The highest BCUT2D eigenvalue weighted by atomic mass is 32.2. The maximum Gasteiger partial charge on any atom is 0.514 e. The number of rotatable bonds is 44. The second-order valence-electron chi connectivity index (χ2n) is 31.1. The normalized spacial score (nSPS) is 10.9. The van der Waals surface area contributed by atoms with Crippen molar-refractivity contribution in [1.29, 1.82) is 0 Å². The van der Waals surface area contributed by atoms with Crippen LogP contribution in [0.1, 0.15) is 93.5 Å². The molecule has 0 fully saturated rings. The van der Waals surface area contributed by atoms with Crippen LogP contribution >= 0.6 is 35.3 Å². The lowest BCUT2D eigenvalue weighted by Crippen LogP contribution is -2.60. The van der Waals surface area contributed by atoms with Crippen molar-refractivity contribution in [3.05, 3.63) is 411 Å². The molecule has 13 rings (SSSR count). The van der Waals surface area contributed by atoms with Crippen molar-refractivity contribution in [3.63, 3.8) is 0 Å². The van der Waals surface area contributed by atoms with E-state index < -0.39 is 82.1 Å². The van der Waals surface area contributed by atoms with E-state index in [9.17, 15) is 43.9 Å². The first-order chi connectivity index (χ1) is 68.3. The smallest absolute Gasteiger partial charge is 0.497 e. The van der Waals surface area contributed by atoms with E-state index in [1.54, 1.807) is 118 Å². The lowest BCUT2D eigenvalue weighted by Gasteiger charge is -2.35. The minimum absolute atomic E-state index is 0. The molecule has 10 N–H and O–H groups in total. The molecule has 0 aromatic heterocycles. The monoisotopic (exact) mass is 1980 g/mol. The van der Waals surface area contributed by atoms with Crippen molar-refractivity contribution in [2.45, 2.75) is 87.0 Å². The predicted molar refractivity (Wildman–Crippen MR) is 552 cm³/mol. The van der Waals surface area contributed by atoms with E-state index in [0.29, 0.717) is 33.9 Å². The third-order valence-corrected chi connectivity index (χ3v) is 26.2. The van der Waals surface area contributed by atoms with E-state index in [0.717, 1.165) is 67.3 Å². The molecule has 35 heteroatoms. The number of hydrogen-bond donors (Lipinski definition) is 8. The summed E-state index contributed by atoms with van der Waals surface area (Å²) in [5, 5.41) is 39.3. The second kappa shape index (κ2) is 55.3. The number of thioether (sulfide) groups is 3. The van der Waals surface area contributed by atoms with Gasteiger partial charge in [0, 0.05) is 29.4 Å². The van der Waals surface area contributed by atoms with Gasteiger partial charge in [-0.1, -0.05) is 244 Å². The molecule has 0 spiro atoms. The molecule has 13 aromatic rings. The lowest BCUT2D eigenvalue weighted by molar-refractivity contribution is -0.384. The fraction of sp³-hybridized carbons (Fsp3) is 0.215. The average Bonchev–Trinajstić information content (AvgIpc) is 0.762. The van der Waals surface area contributed by atoms with Crippen molar-refractivity contribution in [1.82, 2.24) is 21.1 Å². The van der Waals surface area contributed by atoms with Gasteiger partial charge in [0.25, 0.3) is 5.69 Å². The van der Waals surface area contributed by atoms with E-state index in [2.05, 4.69) is 106 Å². The average molecular weight is 1980 g/mol. The molecule has 0 saturated heterocycles. The van der Waals surface area contributed by atoms with E-state index in [-0.39, 0.29) is 92.4 Å². The summed E-state index contributed by atoms with van der Waals surface area (Å²) in [5.41, 5.74) is 20.8. The number of nitro groups is 1. The Bertz CT molecular complexity index is 5820. The lowest BCUT2D eigenvalue weighted by atomic mass is 9.84. The Labute approximate surface area is 838 Å². The van der Waals surface area contributed by atoms with Crippen molar-refractivity contribution in [2.75, 3.05) is 59.9 Å². The third kappa shape index (κ3) is 30.9. The number of nitrogens with zero attached hydrogens (tertiary/aromatic N) is 1. The molecule has 0 saturated carbocycles. The number of non-ortho nitro benzene ring substituents is 1. The van der Waals surface area contributed by atoms with Gasteiger partial charge >= 0.3 is 50.4 Å². The van der Waals surface area contributed by atoms with Crippen LogP contribution in [0, 0.1) is 10.1 Å². The summed E-state index contributed by atoms with van der Waals surface area (Å²) < 4.78 is 69.5. The van der Waals surface area contributed by atoms with Gasteiger partial charge in [-0.2, -0.15) is 0 Å². The van der Waals surface area contributed by atoms with Crippen molar-refractivity contribution in [3.8, 4) is 57.5 Å². The summed E-state index contributed by atoms with van der Waals surface area (Å²) in [7, 11) is 7.39. The zero-order chi connectivity index (χ0) is 101. The summed E-state index contributed by atoms with van der Waals surface area (Å²) in [4.78, 5) is 88.7. The van der Waals surface area contributed by atoms with E-state index in [1.807, 2.05) is 170 Å². The summed E-state index contributed by atoms with van der Waals surface area (Å²) in [5.74, 6) is 3.51. The van der Waals surface area contributed by atoms with Crippen LogP contribution in [-0.2, 0) is 62.7 Å². The molecule has 13 aromatic carbocycles. The Balaban J connectivity index is 0.000000306. The Kier molecular flexibility index (Phi) is 42.5. The molecule has 0 bridgehead atoms. The third-order valence-electron chi connectivity index (χ3n) is 21.5. The SMILES string of the molecule is C.CB(O)NC(N)N.COc1ccc(C(SCCC(=O)Oc2ccc(COC(=O)NC(NB(C)O)NC(=O)OCc3ccc(OC(=O)CCSC(c4ccccc4)(c4ccccc4)c4ccc(OC)cc4)c(OC)c3)cc2OC)(c2ccccc2)c2ccccc2)cc1.COc1ccc(C(SCCC(=O)Oc2ccc(COC(=O)Oc3ccc([N+](=O)[O-])cc3)cc2OC)(c2ccccc2)c2ccccc2)cc1. The van der Waals surface area contributed by atoms with Gasteiger partial charge in [0.1, 0.15) is 42.8 Å². The van der Waals surface area contributed by atoms with Crippen molar-refractivity contribution < 1.29 is 105 Å². The number of carbonyl (C=O) groups is 6. The summed E-state index contributed by atoms with van der Waals surface area (Å²) >= 11 is 4.89. The standard InChI is InChI=1S/C66H66BN3O13S2.C38H33NO9S.C2H10BN3O.CH4/c1-67(75)70-62(68-63(73)80-44-46-26-36-56(58(42-46)78-4)82-60(71)38-40-84-65(48-18-10-6-11-19-48,49-20-12-7-13-21-49)52-28-32-54(76-2)33-29-52)69-64(74)81-45-47-27-37-57(59(43-47)79-5)83-61(72)39-41-85-66(50-22-14-8-15-23-50,51-24-16-9-17-25-51)53-30-34-55(77-3)35-31-53;1-44-32-18-14-30(15-19-32)38(28-9-5-3-6-10-28,29-11-7-4-8-12-29)49-24-23-36(40)48-34-22-13-27(25-35(34)45-2)26-46-37(41)47-33-20-16-31(17-21-33)39(42)43;1-3(7)6-2(4)5;/h6-37,42-43,62,70,75H,38-41,44-45H2,1-5H3,(H,68,73)(H,69,74);3-22,25H,23-24,26H2,1-2H3;2,6-7H,4-5H2,1H3;1H4. The minimum Gasteiger partial charge on any atom is -0.497 e. The number of esters is 3. The number of methoxy groups -OCH3 is 6. The summed E-state index contributed by atoms with van der Waals surface area (Å²) in [6.07, 6.45) is -4.61. The van der Waals surface area contributed by atoms with Crippen molar-refractivity contribution >= 4 is 91.3 Å². The highest BCUT2D eigenvalue weighted by molar-refractivity contribution is 8.01. The number of amides is 2. The van der Waals surface area contributed by atoms with Gasteiger partial charge in [0.05, 0.1) is 87.4 Å². The largest absolute Gasteiger partial charge is 0.514 e. The van der Waals surface area contributed by atoms with Gasteiger partial charge in [0.2, 0.25) is 0 Å². The van der Waals surface area contributed by atoms with Gasteiger partial charge < -0.3 is 88.3 Å². The molecule has 0 aliphatic heterocycles. The zero-order valence-electron chi connectivity index (χ0n) is 78.7. The molecule has 0 atom stereocenters. The van der Waals surface area contributed by atoms with Gasteiger partial charge in [0.15, 0.2) is 40.8 Å². The second-order valence-corrected chi connectivity index (χ2v) is 35.0. The van der Waals surface area contributed by atoms with Gasteiger partial charge in [-0.25, -0.2) is 14.4 Å². The molecular formula is C107H113B2N7O23S3. The first-order valence-electron chi connectivity index (χ1n) is 44.5. The van der Waals surface area contributed by atoms with Crippen LogP contribution in [0.25, 0.3) is 0 Å². The number of hydrogen-bond acceptors (Lipinski definition) is 30. The minimum atomic E-state index is -1.34. The van der Waals surface area contributed by atoms with Crippen LogP contribution < -0.4 is 79.9 Å². The Hall–Kier alpha value is -14.8. The number of nitrogens with two attached hydrogens (primary N) is 2. The molecule has 0 aliphatic carbocycles. The molecule has 0 radical (unpaired) electrons. The number of alkyl carbamates (subject to hydrolysis) is 2. The highest BCUT2D eigenvalue weighted by Crippen LogP contribution is 2.53. The summed E-state index contributed by atoms with van der Waals surface area (Å²) in [6.45, 7) is 2.30. The predicted octanol–water partition coefficient (Wildman–Crippen LogP) is 18.8. The number of ether oxygens (including phenoxy) is 13. The Morgan fingerprint density at radius 2 is 0.606 bits per heavy atom. The molecule has 142 heavy (non-hydrogen) atoms. The first-order valence-corrected chi connectivity index (χ1v) is 47.4. The fourth-order valence-electron chi connectivity index (χ4n) is 15.0.